The maximum Gasteiger partial charge on any atom is 0.340 e. The van der Waals surface area contributed by atoms with Crippen molar-refractivity contribution in [2.75, 3.05) is 19.0 Å². The zero-order valence-electron chi connectivity index (χ0n) is 8.73. The predicted octanol–water partition coefficient (Wildman–Crippen LogP) is 2.95. The van der Waals surface area contributed by atoms with Crippen LogP contribution in [0.2, 0.25) is 0 Å². The van der Waals surface area contributed by atoms with Crippen LogP contribution in [0.15, 0.2) is 10.5 Å². The van der Waals surface area contributed by atoms with Crippen LogP contribution in [0.4, 0.5) is 14.5 Å². The standard InChI is InChI=1S/C10H10BrF2NO2/c1-3-16-10(15)5-4-6(12)7(11)8(13)9(5)14-2/h4,14H,3H2,1-2H3. The van der Waals surface area contributed by atoms with Gasteiger partial charge in [0.15, 0.2) is 5.82 Å². The maximum atomic E-state index is 13.6. The SMILES string of the molecule is CCOC(=O)c1cc(F)c(Br)c(F)c1NC. The van der Waals surface area contributed by atoms with E-state index < -0.39 is 17.6 Å². The first-order valence-corrected chi connectivity index (χ1v) is 5.34. The molecule has 0 saturated heterocycles. The second-order valence-electron chi connectivity index (χ2n) is 2.88. The molecule has 0 unspecified atom stereocenters. The number of rotatable bonds is 3. The first-order chi connectivity index (χ1) is 7.52. The van der Waals surface area contributed by atoms with Gasteiger partial charge in [-0.2, -0.15) is 0 Å². The summed E-state index contributed by atoms with van der Waals surface area (Å²) in [4.78, 5) is 11.4. The van der Waals surface area contributed by atoms with E-state index in [1.165, 1.54) is 7.05 Å². The Morgan fingerprint density at radius 1 is 1.56 bits per heavy atom. The molecule has 88 valence electrons. The fourth-order valence-electron chi connectivity index (χ4n) is 1.21. The van der Waals surface area contributed by atoms with E-state index in [1.54, 1.807) is 6.92 Å². The molecule has 0 aliphatic rings. The van der Waals surface area contributed by atoms with Crippen LogP contribution in [0.1, 0.15) is 17.3 Å². The topological polar surface area (TPSA) is 38.3 Å². The Kier molecular flexibility index (Phi) is 4.23. The number of carbonyl (C=O) groups excluding carboxylic acids is 1. The fraction of sp³-hybridized carbons (Fsp3) is 0.300. The lowest BCUT2D eigenvalue weighted by Gasteiger charge is -2.11. The zero-order valence-corrected chi connectivity index (χ0v) is 10.3. The van der Waals surface area contributed by atoms with E-state index in [0.29, 0.717) is 0 Å². The average Bonchev–Trinajstić information content (AvgIpc) is 2.26. The molecule has 0 aliphatic heterocycles. The summed E-state index contributed by atoms with van der Waals surface area (Å²) in [6.45, 7) is 1.75. The highest BCUT2D eigenvalue weighted by Crippen LogP contribution is 2.30. The van der Waals surface area contributed by atoms with E-state index in [1.807, 2.05) is 0 Å². The van der Waals surface area contributed by atoms with Crippen molar-refractivity contribution < 1.29 is 18.3 Å². The number of anilines is 1. The Labute approximate surface area is 99.9 Å². The lowest BCUT2D eigenvalue weighted by atomic mass is 10.1. The Balaban J connectivity index is 3.33. The summed E-state index contributed by atoms with van der Waals surface area (Å²) in [5, 5.41) is 2.50. The third kappa shape index (κ3) is 2.32. The molecule has 3 nitrogen and oxygen atoms in total. The highest BCUT2D eigenvalue weighted by atomic mass is 79.9. The molecule has 0 aliphatic carbocycles. The van der Waals surface area contributed by atoms with Crippen LogP contribution in [0.25, 0.3) is 0 Å². The minimum atomic E-state index is -0.856. The number of halogens is 3. The Morgan fingerprint density at radius 2 is 2.19 bits per heavy atom. The summed E-state index contributed by atoms with van der Waals surface area (Å²) in [7, 11) is 1.44. The summed E-state index contributed by atoms with van der Waals surface area (Å²) in [5.74, 6) is -2.47. The number of carbonyl (C=O) groups is 1. The number of benzene rings is 1. The molecule has 6 heteroatoms. The van der Waals surface area contributed by atoms with Gasteiger partial charge >= 0.3 is 5.97 Å². The van der Waals surface area contributed by atoms with Gasteiger partial charge in [-0.1, -0.05) is 0 Å². The van der Waals surface area contributed by atoms with Crippen LogP contribution in [0.3, 0.4) is 0 Å². The van der Waals surface area contributed by atoms with Crippen molar-refractivity contribution in [1.82, 2.24) is 0 Å². The molecule has 16 heavy (non-hydrogen) atoms. The first-order valence-electron chi connectivity index (χ1n) is 4.55. The summed E-state index contributed by atoms with van der Waals surface area (Å²) >= 11 is 2.75. The Morgan fingerprint density at radius 3 is 2.69 bits per heavy atom. The van der Waals surface area contributed by atoms with Crippen molar-refractivity contribution in [2.24, 2.45) is 0 Å². The largest absolute Gasteiger partial charge is 0.462 e. The molecule has 0 aromatic heterocycles. The molecule has 0 fully saturated rings. The predicted molar refractivity (Wildman–Crippen MR) is 59.6 cm³/mol. The molecule has 0 heterocycles. The summed E-state index contributed by atoms with van der Waals surface area (Å²) < 4.78 is 31.2. The van der Waals surface area contributed by atoms with Crippen molar-refractivity contribution in [3.05, 3.63) is 27.7 Å². The van der Waals surface area contributed by atoms with Crippen LogP contribution in [0.5, 0.6) is 0 Å². The molecule has 1 rings (SSSR count). The van der Waals surface area contributed by atoms with Gasteiger partial charge in [-0.15, -0.1) is 0 Å². The number of hydrogen-bond acceptors (Lipinski definition) is 3. The summed E-state index contributed by atoms with van der Waals surface area (Å²) in [6, 6.07) is 0.928. The monoisotopic (exact) mass is 293 g/mol. The Hall–Kier alpha value is -1.17. The van der Waals surface area contributed by atoms with Crippen LogP contribution < -0.4 is 5.32 Å². The van der Waals surface area contributed by atoms with Crippen molar-refractivity contribution in [3.8, 4) is 0 Å². The quantitative estimate of drug-likeness (QED) is 0.688. The Bertz CT molecular complexity index is 424. The number of esters is 1. The molecule has 0 saturated carbocycles. The van der Waals surface area contributed by atoms with Gasteiger partial charge in [0.05, 0.1) is 22.3 Å². The molecule has 1 aromatic carbocycles. The van der Waals surface area contributed by atoms with Crippen molar-refractivity contribution in [1.29, 1.82) is 0 Å². The molecule has 0 atom stereocenters. The smallest absolute Gasteiger partial charge is 0.340 e. The van der Waals surface area contributed by atoms with Crippen LogP contribution >= 0.6 is 15.9 Å². The average molecular weight is 294 g/mol. The highest BCUT2D eigenvalue weighted by molar-refractivity contribution is 9.10. The van der Waals surface area contributed by atoms with Gasteiger partial charge in [0.2, 0.25) is 0 Å². The summed E-state index contributed by atoms with van der Waals surface area (Å²) in [5.41, 5.74) is -0.255. The zero-order chi connectivity index (χ0) is 12.3. The molecule has 1 N–H and O–H groups in total. The lowest BCUT2D eigenvalue weighted by molar-refractivity contribution is 0.0526. The third-order valence-electron chi connectivity index (χ3n) is 1.91. The van der Waals surface area contributed by atoms with Gasteiger partial charge in [-0.05, 0) is 28.9 Å². The van der Waals surface area contributed by atoms with Crippen molar-refractivity contribution in [2.45, 2.75) is 6.92 Å². The molecule has 0 bridgehead atoms. The molecular weight excluding hydrogens is 284 g/mol. The van der Waals surface area contributed by atoms with Crippen LogP contribution in [0, 0.1) is 11.6 Å². The molecule has 1 aromatic rings. The minimum absolute atomic E-state index is 0.0910. The second-order valence-corrected chi connectivity index (χ2v) is 3.67. The van der Waals surface area contributed by atoms with Gasteiger partial charge < -0.3 is 10.1 Å². The highest BCUT2D eigenvalue weighted by Gasteiger charge is 2.21. The third-order valence-corrected chi connectivity index (χ3v) is 2.63. The number of hydrogen-bond donors (Lipinski definition) is 1. The van der Waals surface area contributed by atoms with E-state index in [9.17, 15) is 13.6 Å². The van der Waals surface area contributed by atoms with Gasteiger partial charge in [-0.25, -0.2) is 13.6 Å². The van der Waals surface area contributed by atoms with Crippen molar-refractivity contribution in [3.63, 3.8) is 0 Å². The van der Waals surface area contributed by atoms with Gasteiger partial charge in [0, 0.05) is 7.05 Å². The van der Waals surface area contributed by atoms with Gasteiger partial charge in [0.1, 0.15) is 5.82 Å². The van der Waals surface area contributed by atoms with E-state index in [0.717, 1.165) is 6.07 Å². The van der Waals surface area contributed by atoms with Crippen molar-refractivity contribution >= 4 is 27.6 Å². The molecular formula is C10H10BrF2NO2. The van der Waals surface area contributed by atoms with Gasteiger partial charge in [-0.3, -0.25) is 0 Å². The fourth-order valence-corrected chi connectivity index (χ4v) is 1.52. The van der Waals surface area contributed by atoms with Crippen LogP contribution in [-0.4, -0.2) is 19.6 Å². The molecule has 0 radical (unpaired) electrons. The van der Waals surface area contributed by atoms with E-state index in [2.05, 4.69) is 21.2 Å². The number of nitrogens with one attached hydrogen (secondary N) is 1. The van der Waals surface area contributed by atoms with E-state index in [-0.39, 0.29) is 22.3 Å². The lowest BCUT2D eigenvalue weighted by Crippen LogP contribution is -2.10. The number of ether oxygens (including phenoxy) is 1. The van der Waals surface area contributed by atoms with Crippen LogP contribution in [-0.2, 0) is 4.74 Å². The maximum absolute atomic E-state index is 13.6. The minimum Gasteiger partial charge on any atom is -0.462 e. The molecule has 0 amide bonds. The van der Waals surface area contributed by atoms with E-state index in [4.69, 9.17) is 4.74 Å². The normalized spacial score (nSPS) is 10.1. The summed E-state index contributed by atoms with van der Waals surface area (Å²) in [6.07, 6.45) is 0. The van der Waals surface area contributed by atoms with E-state index >= 15 is 0 Å². The molecule has 0 spiro atoms. The second kappa shape index (κ2) is 5.25. The first kappa shape index (κ1) is 12.9. The van der Waals surface area contributed by atoms with Gasteiger partial charge in [0.25, 0.3) is 0 Å².